The van der Waals surface area contributed by atoms with Crippen LogP contribution >= 0.6 is 11.3 Å². The van der Waals surface area contributed by atoms with Crippen LogP contribution in [0.2, 0.25) is 0 Å². The molecule has 0 radical (unpaired) electrons. The molecule has 0 N–H and O–H groups in total. The minimum atomic E-state index is 0.700. The summed E-state index contributed by atoms with van der Waals surface area (Å²) in [4.78, 5) is 10.8. The van der Waals surface area contributed by atoms with Crippen LogP contribution in [0, 0.1) is 0 Å². The van der Waals surface area contributed by atoms with E-state index >= 15 is 0 Å². The number of hydrogen-bond acceptors (Lipinski definition) is 3. The molecule has 0 bridgehead atoms. The molecule has 0 fully saturated rings. The average molecular weight is 706 g/mol. The van der Waals surface area contributed by atoms with Gasteiger partial charge in [-0.25, -0.2) is 9.97 Å². The number of benzene rings is 8. The van der Waals surface area contributed by atoms with Gasteiger partial charge in [0.1, 0.15) is 0 Å². The largest absolute Gasteiger partial charge is 0.309 e. The van der Waals surface area contributed by atoms with Gasteiger partial charge in [0.25, 0.3) is 0 Å². The van der Waals surface area contributed by atoms with E-state index in [-0.39, 0.29) is 0 Å². The third-order valence-corrected chi connectivity index (χ3v) is 11.6. The van der Waals surface area contributed by atoms with Gasteiger partial charge in [-0.2, -0.15) is 0 Å². The summed E-state index contributed by atoms with van der Waals surface area (Å²) in [6.07, 6.45) is 0. The Kier molecular flexibility index (Phi) is 7.04. The van der Waals surface area contributed by atoms with E-state index in [2.05, 4.69) is 192 Å². The lowest BCUT2D eigenvalue weighted by molar-refractivity contribution is 1.13. The minimum absolute atomic E-state index is 0.700. The van der Waals surface area contributed by atoms with Crippen LogP contribution in [0.4, 0.5) is 0 Å². The van der Waals surface area contributed by atoms with Gasteiger partial charge in [0.15, 0.2) is 5.82 Å². The van der Waals surface area contributed by atoms with E-state index in [0.29, 0.717) is 5.82 Å². The lowest BCUT2D eigenvalue weighted by Crippen LogP contribution is -1.99. The Morgan fingerprint density at radius 2 is 1.07 bits per heavy atom. The van der Waals surface area contributed by atoms with Crippen LogP contribution in [-0.2, 0) is 0 Å². The number of thiophene rings is 1. The van der Waals surface area contributed by atoms with Crippen molar-refractivity contribution in [2.24, 2.45) is 0 Å². The fourth-order valence-corrected chi connectivity index (χ4v) is 9.12. The Balaban J connectivity index is 1.21. The molecule has 252 valence electrons. The van der Waals surface area contributed by atoms with Gasteiger partial charge in [-0.3, -0.25) is 0 Å². The number of hydrogen-bond donors (Lipinski definition) is 0. The molecule has 4 heteroatoms. The summed E-state index contributed by atoms with van der Waals surface area (Å²) in [7, 11) is 0. The topological polar surface area (TPSA) is 30.7 Å². The highest BCUT2D eigenvalue weighted by Gasteiger charge is 2.20. The summed E-state index contributed by atoms with van der Waals surface area (Å²) in [6.45, 7) is 0. The lowest BCUT2D eigenvalue weighted by Gasteiger charge is -2.16. The average Bonchev–Trinajstić information content (AvgIpc) is 3.86. The zero-order valence-electron chi connectivity index (χ0n) is 29.1. The highest BCUT2D eigenvalue weighted by Crippen LogP contribution is 2.42. The standard InChI is InChI=1S/C50H31N3S/c1-2-16-37(17-3-1)53-46-24-12-5-15-33(46)30-47(53)35-26-34(44-31-54-48-25-13-10-21-41(44)48)27-36(28-35)50-51-45-23-11-9-22-42(45)49(52-50)43-29-32-14-4-6-18-38(32)39-19-7-8-20-40(39)43/h1-31H. The van der Waals surface area contributed by atoms with Crippen molar-refractivity contribution in [2.75, 3.05) is 0 Å². The monoisotopic (exact) mass is 705 g/mol. The lowest BCUT2D eigenvalue weighted by atomic mass is 9.94. The Hall–Kier alpha value is -6.88. The molecule has 11 rings (SSSR count). The smallest absolute Gasteiger partial charge is 0.160 e. The van der Waals surface area contributed by atoms with Gasteiger partial charge in [-0.15, -0.1) is 11.3 Å². The summed E-state index contributed by atoms with van der Waals surface area (Å²) < 4.78 is 3.64. The van der Waals surface area contributed by atoms with Gasteiger partial charge in [-0.1, -0.05) is 121 Å². The van der Waals surface area contributed by atoms with E-state index in [0.717, 1.165) is 50.2 Å². The van der Waals surface area contributed by atoms with Crippen molar-refractivity contribution in [2.45, 2.75) is 0 Å². The Labute approximate surface area is 316 Å². The molecule has 0 amide bonds. The molecule has 0 aliphatic carbocycles. The first-order valence-corrected chi connectivity index (χ1v) is 19.1. The van der Waals surface area contributed by atoms with E-state index < -0.39 is 0 Å². The third-order valence-electron chi connectivity index (χ3n) is 10.6. The van der Waals surface area contributed by atoms with E-state index in [1.165, 1.54) is 48.1 Å². The van der Waals surface area contributed by atoms with E-state index in [4.69, 9.17) is 9.97 Å². The molecule has 3 aromatic heterocycles. The Morgan fingerprint density at radius 1 is 0.426 bits per heavy atom. The first-order valence-electron chi connectivity index (χ1n) is 18.2. The first-order chi connectivity index (χ1) is 26.8. The van der Waals surface area contributed by atoms with Crippen molar-refractivity contribution in [3.63, 3.8) is 0 Å². The summed E-state index contributed by atoms with van der Waals surface area (Å²) >= 11 is 1.78. The number of para-hydroxylation sites is 3. The summed E-state index contributed by atoms with van der Waals surface area (Å²) in [6, 6.07) is 65.2. The molecule has 0 aliphatic heterocycles. The molecule has 11 aromatic rings. The fourth-order valence-electron chi connectivity index (χ4n) is 8.15. The molecular weight excluding hydrogens is 675 g/mol. The van der Waals surface area contributed by atoms with E-state index in [1.54, 1.807) is 11.3 Å². The predicted octanol–water partition coefficient (Wildman–Crippen LogP) is 13.8. The van der Waals surface area contributed by atoms with Crippen molar-refractivity contribution in [3.8, 4) is 50.7 Å². The second kappa shape index (κ2) is 12.4. The van der Waals surface area contributed by atoms with Crippen LogP contribution in [0.15, 0.2) is 187 Å². The summed E-state index contributed by atoms with van der Waals surface area (Å²) in [5.41, 5.74) is 10.8. The molecule has 3 heterocycles. The Morgan fingerprint density at radius 3 is 1.94 bits per heavy atom. The SMILES string of the molecule is c1ccc(-n2c(-c3cc(-c4nc(-c5cc6ccccc6c6ccccc56)c5ccccc5n4)cc(-c4csc5ccccc45)c3)cc3ccccc32)cc1. The van der Waals surface area contributed by atoms with Crippen molar-refractivity contribution in [1.82, 2.24) is 14.5 Å². The fraction of sp³-hybridized carbons (Fsp3) is 0. The molecular formula is C50H31N3S. The highest BCUT2D eigenvalue weighted by atomic mass is 32.1. The van der Waals surface area contributed by atoms with Gasteiger partial charge in [-0.05, 0) is 98.7 Å². The van der Waals surface area contributed by atoms with Crippen molar-refractivity contribution in [1.29, 1.82) is 0 Å². The van der Waals surface area contributed by atoms with Crippen LogP contribution in [-0.4, -0.2) is 14.5 Å². The molecule has 0 unspecified atom stereocenters. The van der Waals surface area contributed by atoms with Crippen LogP contribution in [0.5, 0.6) is 0 Å². The summed E-state index contributed by atoms with van der Waals surface area (Å²) in [5, 5.41) is 10.6. The van der Waals surface area contributed by atoms with Gasteiger partial charge < -0.3 is 4.57 Å². The van der Waals surface area contributed by atoms with Crippen molar-refractivity contribution < 1.29 is 0 Å². The zero-order chi connectivity index (χ0) is 35.6. The van der Waals surface area contributed by atoms with Crippen molar-refractivity contribution in [3.05, 3.63) is 187 Å². The van der Waals surface area contributed by atoms with Crippen LogP contribution in [0.3, 0.4) is 0 Å². The number of aromatic nitrogens is 3. The molecule has 0 spiro atoms. The molecule has 0 atom stereocenters. The van der Waals surface area contributed by atoms with Crippen LogP contribution in [0.1, 0.15) is 0 Å². The highest BCUT2D eigenvalue weighted by molar-refractivity contribution is 7.17. The first kappa shape index (κ1) is 30.7. The van der Waals surface area contributed by atoms with Gasteiger partial charge in [0.2, 0.25) is 0 Å². The maximum atomic E-state index is 5.53. The van der Waals surface area contributed by atoms with Crippen LogP contribution < -0.4 is 0 Å². The molecule has 0 aliphatic rings. The predicted molar refractivity (Wildman–Crippen MR) is 229 cm³/mol. The number of fused-ring (bicyclic) bond motifs is 6. The molecule has 54 heavy (non-hydrogen) atoms. The Bertz CT molecular complexity index is 3230. The van der Waals surface area contributed by atoms with Gasteiger partial charge in [0, 0.05) is 43.2 Å². The normalized spacial score (nSPS) is 11.7. The molecule has 8 aromatic carbocycles. The minimum Gasteiger partial charge on any atom is -0.309 e. The van der Waals surface area contributed by atoms with E-state index in [9.17, 15) is 0 Å². The van der Waals surface area contributed by atoms with Crippen molar-refractivity contribution >= 4 is 64.8 Å². The second-order valence-corrected chi connectivity index (χ2v) is 14.7. The third kappa shape index (κ3) is 4.96. The number of nitrogens with zero attached hydrogens (tertiary/aromatic N) is 3. The molecule has 0 saturated carbocycles. The maximum absolute atomic E-state index is 5.53. The second-order valence-electron chi connectivity index (χ2n) is 13.8. The number of rotatable bonds is 5. The van der Waals surface area contributed by atoms with Gasteiger partial charge >= 0.3 is 0 Å². The van der Waals surface area contributed by atoms with E-state index in [1.807, 2.05) is 0 Å². The molecule has 3 nitrogen and oxygen atoms in total. The van der Waals surface area contributed by atoms with Crippen LogP contribution in [0.25, 0.3) is 104 Å². The zero-order valence-corrected chi connectivity index (χ0v) is 30.0. The van der Waals surface area contributed by atoms with Gasteiger partial charge in [0.05, 0.1) is 22.4 Å². The quantitative estimate of drug-likeness (QED) is 0.167. The molecule has 0 saturated heterocycles. The summed E-state index contributed by atoms with van der Waals surface area (Å²) in [5.74, 6) is 0.700. The maximum Gasteiger partial charge on any atom is 0.160 e.